The maximum absolute atomic E-state index is 12.1. The van der Waals surface area contributed by atoms with Crippen molar-refractivity contribution in [1.82, 2.24) is 0 Å². The number of nitrogens with one attached hydrogen (secondary N) is 2. The van der Waals surface area contributed by atoms with Crippen LogP contribution in [0, 0.1) is 17.3 Å². The Morgan fingerprint density at radius 1 is 0.968 bits per heavy atom. The molecule has 3 aromatic rings. The van der Waals surface area contributed by atoms with Crippen LogP contribution in [0.3, 0.4) is 0 Å². The zero-order chi connectivity index (χ0) is 20.9. The third-order valence-electron chi connectivity index (χ3n) is 4.16. The molecular formula is C22H22Cl2N4O2S. The summed E-state index contributed by atoms with van der Waals surface area (Å²) in [6.07, 6.45) is 0. The van der Waals surface area contributed by atoms with Crippen LogP contribution in [0.25, 0.3) is 11.1 Å². The summed E-state index contributed by atoms with van der Waals surface area (Å²) in [5, 5.41) is 16.0. The topological polar surface area (TPSA) is 122 Å². The highest BCUT2D eigenvalue weighted by molar-refractivity contribution is 7.89. The number of primary sulfonamides is 1. The number of hydrogen-bond donors (Lipinski definition) is 4. The molecule has 0 atom stereocenters. The summed E-state index contributed by atoms with van der Waals surface area (Å²) in [4.78, 5) is 0.0395. The summed E-state index contributed by atoms with van der Waals surface area (Å²) in [6.45, 7) is 0.340. The molecule has 0 saturated carbocycles. The van der Waals surface area contributed by atoms with Gasteiger partial charge in [-0.05, 0) is 29.8 Å². The summed E-state index contributed by atoms with van der Waals surface area (Å²) < 4.78 is 24.1. The SMILES string of the molecule is Cl.Cl.N=C(N)c1cccc(NCC#Cc2ccc(-c3ccccc3)c(S(N)(=O)=O)c2)c1. The Morgan fingerprint density at radius 3 is 2.32 bits per heavy atom. The first kappa shape index (κ1) is 26.0. The van der Waals surface area contributed by atoms with Gasteiger partial charge in [-0.3, -0.25) is 5.41 Å². The molecule has 0 heterocycles. The van der Waals surface area contributed by atoms with Gasteiger partial charge in [0.15, 0.2) is 0 Å². The van der Waals surface area contributed by atoms with E-state index in [9.17, 15) is 8.42 Å². The molecule has 0 spiro atoms. The van der Waals surface area contributed by atoms with Gasteiger partial charge in [0.1, 0.15) is 5.84 Å². The van der Waals surface area contributed by atoms with Gasteiger partial charge < -0.3 is 11.1 Å². The number of nitrogens with two attached hydrogens (primary N) is 2. The molecule has 0 aromatic heterocycles. The normalized spacial score (nSPS) is 9.97. The fourth-order valence-electron chi connectivity index (χ4n) is 2.78. The highest BCUT2D eigenvalue weighted by atomic mass is 35.5. The first-order valence-corrected chi connectivity index (χ1v) is 10.3. The molecule has 6 nitrogen and oxygen atoms in total. The third-order valence-corrected chi connectivity index (χ3v) is 5.11. The van der Waals surface area contributed by atoms with Gasteiger partial charge in [0, 0.05) is 22.4 Å². The lowest BCUT2D eigenvalue weighted by Gasteiger charge is -2.08. The van der Waals surface area contributed by atoms with Crippen molar-refractivity contribution in [3.63, 3.8) is 0 Å². The van der Waals surface area contributed by atoms with Gasteiger partial charge >= 0.3 is 0 Å². The smallest absolute Gasteiger partial charge is 0.238 e. The van der Waals surface area contributed by atoms with Crippen molar-refractivity contribution in [3.8, 4) is 23.0 Å². The van der Waals surface area contributed by atoms with E-state index in [1.54, 1.807) is 30.3 Å². The van der Waals surface area contributed by atoms with E-state index in [0.29, 0.717) is 23.2 Å². The van der Waals surface area contributed by atoms with Crippen LogP contribution >= 0.6 is 24.8 Å². The summed E-state index contributed by atoms with van der Waals surface area (Å²) in [6, 6.07) is 21.3. The number of rotatable bonds is 5. The quantitative estimate of drug-likeness (QED) is 0.255. The van der Waals surface area contributed by atoms with E-state index in [1.165, 1.54) is 6.07 Å². The van der Waals surface area contributed by atoms with Crippen LogP contribution in [0.15, 0.2) is 77.7 Å². The second-order valence-corrected chi connectivity index (χ2v) is 7.80. The molecule has 0 aliphatic rings. The van der Waals surface area contributed by atoms with Crippen LogP contribution in [0.1, 0.15) is 11.1 Å². The van der Waals surface area contributed by atoms with Crippen LogP contribution < -0.4 is 16.2 Å². The van der Waals surface area contributed by atoms with E-state index in [2.05, 4.69) is 17.2 Å². The molecule has 31 heavy (non-hydrogen) atoms. The summed E-state index contributed by atoms with van der Waals surface area (Å²) >= 11 is 0. The van der Waals surface area contributed by atoms with Gasteiger partial charge in [-0.25, -0.2) is 13.6 Å². The lowest BCUT2D eigenvalue weighted by Crippen LogP contribution is -2.13. The molecule has 3 rings (SSSR count). The Morgan fingerprint density at radius 2 is 1.68 bits per heavy atom. The van der Waals surface area contributed by atoms with Crippen LogP contribution in [0.4, 0.5) is 5.69 Å². The predicted octanol–water partition coefficient (Wildman–Crippen LogP) is 3.59. The number of benzene rings is 3. The van der Waals surface area contributed by atoms with Crippen molar-refractivity contribution >= 4 is 46.4 Å². The van der Waals surface area contributed by atoms with Crippen LogP contribution in [0.5, 0.6) is 0 Å². The number of amidine groups is 1. The average molecular weight is 477 g/mol. The summed E-state index contributed by atoms with van der Waals surface area (Å²) in [5.41, 5.74) is 8.75. The fourth-order valence-corrected chi connectivity index (χ4v) is 3.56. The molecule has 6 N–H and O–H groups in total. The first-order chi connectivity index (χ1) is 13.8. The highest BCUT2D eigenvalue weighted by Gasteiger charge is 2.15. The molecule has 9 heteroatoms. The molecule has 0 fully saturated rings. The van der Waals surface area contributed by atoms with Crippen LogP contribution in [-0.2, 0) is 10.0 Å². The standard InChI is InChI=1S/C22H20N4O2S.2ClH/c23-22(24)18-9-4-10-19(15-18)26-13-5-6-16-11-12-20(17-7-2-1-3-8-17)21(14-16)29(25,27)28;;/h1-4,7-12,14-15,26H,13H2,(H3,23,24)(H2,25,27,28);2*1H. The fraction of sp³-hybridized carbons (Fsp3) is 0.0455. The maximum atomic E-state index is 12.1. The van der Waals surface area contributed by atoms with E-state index in [0.717, 1.165) is 11.3 Å². The van der Waals surface area contributed by atoms with Gasteiger partial charge in [-0.2, -0.15) is 0 Å². The number of sulfonamides is 1. The van der Waals surface area contributed by atoms with Crippen LogP contribution in [-0.4, -0.2) is 20.8 Å². The van der Waals surface area contributed by atoms with Crippen molar-refractivity contribution in [2.24, 2.45) is 10.9 Å². The van der Waals surface area contributed by atoms with E-state index in [-0.39, 0.29) is 35.5 Å². The number of nitrogen functional groups attached to an aromatic ring is 1. The molecule has 162 valence electrons. The predicted molar refractivity (Wildman–Crippen MR) is 131 cm³/mol. The first-order valence-electron chi connectivity index (χ1n) is 8.74. The Kier molecular flexibility index (Phi) is 9.56. The molecule has 0 bridgehead atoms. The van der Waals surface area contributed by atoms with Gasteiger partial charge in [0.05, 0.1) is 11.4 Å². The van der Waals surface area contributed by atoms with Gasteiger partial charge in [0.25, 0.3) is 0 Å². The van der Waals surface area contributed by atoms with Crippen LogP contribution in [0.2, 0.25) is 0 Å². The van der Waals surface area contributed by atoms with Crippen molar-refractivity contribution < 1.29 is 8.42 Å². The third kappa shape index (κ3) is 7.02. The van der Waals surface area contributed by atoms with Crippen molar-refractivity contribution in [2.45, 2.75) is 4.90 Å². The number of halogens is 2. The Labute approximate surface area is 194 Å². The van der Waals surface area contributed by atoms with Gasteiger partial charge in [0.2, 0.25) is 10.0 Å². The molecule has 3 aromatic carbocycles. The molecule has 0 saturated heterocycles. The van der Waals surface area contributed by atoms with E-state index >= 15 is 0 Å². The van der Waals surface area contributed by atoms with Crippen molar-refractivity contribution in [3.05, 3.63) is 83.9 Å². The van der Waals surface area contributed by atoms with E-state index < -0.39 is 10.0 Å². The summed E-state index contributed by atoms with van der Waals surface area (Å²) in [5.74, 6) is 5.89. The van der Waals surface area contributed by atoms with E-state index in [1.807, 2.05) is 36.4 Å². The molecule has 0 aliphatic carbocycles. The minimum absolute atomic E-state index is 0. The van der Waals surface area contributed by atoms with Crippen molar-refractivity contribution in [1.29, 1.82) is 5.41 Å². The van der Waals surface area contributed by atoms with Crippen molar-refractivity contribution in [2.75, 3.05) is 11.9 Å². The van der Waals surface area contributed by atoms with E-state index in [4.69, 9.17) is 16.3 Å². The van der Waals surface area contributed by atoms with Gasteiger partial charge in [-0.1, -0.05) is 60.4 Å². The van der Waals surface area contributed by atoms with Gasteiger partial charge in [-0.15, -0.1) is 24.8 Å². The zero-order valence-corrected chi connectivity index (χ0v) is 18.8. The second kappa shape index (κ2) is 11.4. The second-order valence-electron chi connectivity index (χ2n) is 6.27. The minimum Gasteiger partial charge on any atom is -0.384 e. The number of hydrogen-bond acceptors (Lipinski definition) is 4. The Balaban J connectivity index is 0.00000240. The molecule has 0 unspecified atom stereocenters. The minimum atomic E-state index is -3.91. The largest absolute Gasteiger partial charge is 0.384 e. The molecule has 0 aliphatic heterocycles. The Hall–Kier alpha value is -3.02. The zero-order valence-electron chi connectivity index (χ0n) is 16.3. The number of anilines is 1. The molecular weight excluding hydrogens is 455 g/mol. The highest BCUT2D eigenvalue weighted by Crippen LogP contribution is 2.27. The molecule has 0 amide bonds. The monoisotopic (exact) mass is 476 g/mol. The average Bonchev–Trinajstić information content (AvgIpc) is 2.71. The Bertz CT molecular complexity index is 1220. The lowest BCUT2D eigenvalue weighted by molar-refractivity contribution is 0.598. The summed E-state index contributed by atoms with van der Waals surface area (Å²) in [7, 11) is -3.91. The lowest BCUT2D eigenvalue weighted by atomic mass is 10.0. The maximum Gasteiger partial charge on any atom is 0.238 e. The molecule has 0 radical (unpaired) electrons.